The van der Waals surface area contributed by atoms with Gasteiger partial charge in [0.15, 0.2) is 0 Å². The van der Waals surface area contributed by atoms with Gasteiger partial charge in [0.25, 0.3) is 10.0 Å². The van der Waals surface area contributed by atoms with Crippen LogP contribution in [0.25, 0.3) is 0 Å². The lowest BCUT2D eigenvalue weighted by Gasteiger charge is -2.15. The zero-order valence-corrected chi connectivity index (χ0v) is 14.7. The molecule has 0 saturated heterocycles. The Morgan fingerprint density at radius 3 is 2.36 bits per heavy atom. The molecule has 0 spiro atoms. The van der Waals surface area contributed by atoms with Crippen molar-refractivity contribution in [3.63, 3.8) is 0 Å². The molecule has 0 aliphatic rings. The van der Waals surface area contributed by atoms with E-state index >= 15 is 0 Å². The lowest BCUT2D eigenvalue weighted by atomic mass is 10.2. The van der Waals surface area contributed by atoms with Crippen LogP contribution in [0.5, 0.6) is 0 Å². The molecule has 0 aliphatic carbocycles. The molecular formula is C18H18N4O2S. The highest BCUT2D eigenvalue weighted by Gasteiger charge is 2.17. The van der Waals surface area contributed by atoms with Gasteiger partial charge in [0, 0.05) is 12.4 Å². The average Bonchev–Trinajstić information content (AvgIpc) is 2.59. The number of para-hydroxylation sites is 1. The van der Waals surface area contributed by atoms with E-state index < -0.39 is 10.0 Å². The van der Waals surface area contributed by atoms with E-state index in [1.54, 1.807) is 48.8 Å². The van der Waals surface area contributed by atoms with Gasteiger partial charge in [-0.15, -0.1) is 0 Å². The largest absolute Gasteiger partial charge is 0.322 e. The number of hydrogen-bond donors (Lipinski definition) is 2. The maximum absolute atomic E-state index is 12.7. The Bertz CT molecular complexity index is 989. The number of hydrogen-bond acceptors (Lipinski definition) is 5. The molecule has 25 heavy (non-hydrogen) atoms. The van der Waals surface area contributed by atoms with Crippen LogP contribution in [0.15, 0.2) is 65.8 Å². The maximum Gasteiger partial charge on any atom is 0.261 e. The molecule has 1 aromatic heterocycles. The minimum absolute atomic E-state index is 0.218. The molecule has 0 fully saturated rings. The van der Waals surface area contributed by atoms with Crippen LogP contribution in [0, 0.1) is 13.8 Å². The second-order valence-corrected chi connectivity index (χ2v) is 7.30. The first-order chi connectivity index (χ1) is 12.0. The summed E-state index contributed by atoms with van der Waals surface area (Å²) < 4.78 is 28.0. The smallest absolute Gasteiger partial charge is 0.261 e. The van der Waals surface area contributed by atoms with Gasteiger partial charge >= 0.3 is 0 Å². The summed E-state index contributed by atoms with van der Waals surface area (Å²) in [6, 6.07) is 13.9. The van der Waals surface area contributed by atoms with Gasteiger partial charge < -0.3 is 5.32 Å². The molecule has 2 aromatic carbocycles. The second kappa shape index (κ2) is 6.90. The lowest BCUT2D eigenvalue weighted by Crippen LogP contribution is -2.14. The van der Waals surface area contributed by atoms with Gasteiger partial charge in [-0.2, -0.15) is 0 Å². The van der Waals surface area contributed by atoms with E-state index in [0.717, 1.165) is 11.1 Å². The highest BCUT2D eigenvalue weighted by molar-refractivity contribution is 7.92. The molecule has 1 heterocycles. The van der Waals surface area contributed by atoms with Crippen LogP contribution in [0.1, 0.15) is 11.1 Å². The summed E-state index contributed by atoms with van der Waals surface area (Å²) in [7, 11) is -3.70. The molecule has 0 saturated carbocycles. The fourth-order valence-corrected chi connectivity index (χ4v) is 3.56. The molecule has 0 radical (unpaired) electrons. The summed E-state index contributed by atoms with van der Waals surface area (Å²) in [5, 5.41) is 3.08. The summed E-state index contributed by atoms with van der Waals surface area (Å²) in [6.07, 6.45) is 3.23. The van der Waals surface area contributed by atoms with Gasteiger partial charge in [0.05, 0.1) is 16.3 Å². The van der Waals surface area contributed by atoms with Crippen molar-refractivity contribution in [2.24, 2.45) is 0 Å². The molecule has 2 N–H and O–H groups in total. The van der Waals surface area contributed by atoms with Crippen molar-refractivity contribution in [1.29, 1.82) is 0 Å². The Labute approximate surface area is 147 Å². The van der Waals surface area contributed by atoms with Gasteiger partial charge in [-0.05, 0) is 49.2 Å². The van der Waals surface area contributed by atoms with E-state index in [0.29, 0.717) is 17.3 Å². The molecule has 6 nitrogen and oxygen atoms in total. The number of anilines is 3. The molecule has 7 heteroatoms. The maximum atomic E-state index is 12.7. The summed E-state index contributed by atoms with van der Waals surface area (Å²) in [5.74, 6) is 0.396. The van der Waals surface area contributed by atoms with Crippen molar-refractivity contribution in [1.82, 2.24) is 9.97 Å². The first-order valence-corrected chi connectivity index (χ1v) is 9.17. The van der Waals surface area contributed by atoms with Crippen LogP contribution in [-0.2, 0) is 10.0 Å². The number of nitrogens with zero attached hydrogens (tertiary/aromatic N) is 2. The summed E-state index contributed by atoms with van der Waals surface area (Å²) >= 11 is 0. The fourth-order valence-electron chi connectivity index (χ4n) is 2.38. The van der Waals surface area contributed by atoms with Crippen LogP contribution in [0.2, 0.25) is 0 Å². The van der Waals surface area contributed by atoms with Gasteiger partial charge in [-0.3, -0.25) is 4.72 Å². The van der Waals surface area contributed by atoms with Crippen molar-refractivity contribution in [2.75, 3.05) is 10.0 Å². The highest BCUT2D eigenvalue weighted by Crippen LogP contribution is 2.30. The Balaban J connectivity index is 1.96. The van der Waals surface area contributed by atoms with Crippen molar-refractivity contribution >= 4 is 27.3 Å². The van der Waals surface area contributed by atoms with E-state index in [2.05, 4.69) is 20.0 Å². The van der Waals surface area contributed by atoms with Crippen LogP contribution in [0.3, 0.4) is 0 Å². The third-order valence-corrected chi connectivity index (χ3v) is 4.98. The molecule has 128 valence electrons. The number of sulfonamides is 1. The van der Waals surface area contributed by atoms with Crippen LogP contribution in [0.4, 0.5) is 17.3 Å². The third-order valence-electron chi connectivity index (χ3n) is 3.62. The van der Waals surface area contributed by atoms with E-state index in [-0.39, 0.29) is 4.90 Å². The van der Waals surface area contributed by atoms with Crippen molar-refractivity contribution < 1.29 is 8.42 Å². The van der Waals surface area contributed by atoms with Gasteiger partial charge in [-0.25, -0.2) is 18.4 Å². The SMILES string of the molecule is Cc1cccc(S(=O)(=O)Nc2cccc(C)c2Nc2ncccn2)c1. The van der Waals surface area contributed by atoms with Gasteiger partial charge in [-0.1, -0.05) is 24.3 Å². The highest BCUT2D eigenvalue weighted by atomic mass is 32.2. The number of rotatable bonds is 5. The Kier molecular flexibility index (Phi) is 4.67. The van der Waals surface area contributed by atoms with Crippen LogP contribution < -0.4 is 10.0 Å². The number of benzene rings is 2. The fraction of sp³-hybridized carbons (Fsp3) is 0.111. The summed E-state index contributed by atoms with van der Waals surface area (Å²) in [4.78, 5) is 8.46. The van der Waals surface area contributed by atoms with Gasteiger partial charge in [0.1, 0.15) is 0 Å². The topological polar surface area (TPSA) is 84.0 Å². The normalized spacial score (nSPS) is 11.1. The number of aromatic nitrogens is 2. The molecule has 0 unspecified atom stereocenters. The first kappa shape index (κ1) is 16.9. The zero-order chi connectivity index (χ0) is 17.9. The van der Waals surface area contributed by atoms with E-state index in [1.165, 1.54) is 0 Å². The minimum atomic E-state index is -3.70. The van der Waals surface area contributed by atoms with E-state index in [4.69, 9.17) is 0 Å². The summed E-state index contributed by atoms with van der Waals surface area (Å²) in [6.45, 7) is 3.74. The van der Waals surface area contributed by atoms with Crippen LogP contribution in [-0.4, -0.2) is 18.4 Å². The number of aryl methyl sites for hydroxylation is 2. The quantitative estimate of drug-likeness (QED) is 0.731. The van der Waals surface area contributed by atoms with E-state index in [9.17, 15) is 8.42 Å². The standard InChI is InChI=1S/C18H18N4O2S/c1-13-6-3-8-15(12-13)25(23,24)22-16-9-4-7-14(2)17(16)21-18-19-10-5-11-20-18/h3-12,22H,1-2H3,(H,19,20,21). The molecule has 0 amide bonds. The van der Waals surface area contributed by atoms with Gasteiger partial charge in [0.2, 0.25) is 5.95 Å². The number of nitrogens with one attached hydrogen (secondary N) is 2. The minimum Gasteiger partial charge on any atom is -0.322 e. The van der Waals surface area contributed by atoms with Crippen molar-refractivity contribution in [2.45, 2.75) is 18.7 Å². The second-order valence-electron chi connectivity index (χ2n) is 5.62. The molecule has 0 aliphatic heterocycles. The first-order valence-electron chi connectivity index (χ1n) is 7.69. The van der Waals surface area contributed by atoms with E-state index in [1.807, 2.05) is 26.0 Å². The predicted molar refractivity (Wildman–Crippen MR) is 98.5 cm³/mol. The molecule has 3 rings (SSSR count). The Morgan fingerprint density at radius 1 is 0.920 bits per heavy atom. The molecule has 0 atom stereocenters. The van der Waals surface area contributed by atoms with Crippen molar-refractivity contribution in [3.8, 4) is 0 Å². The molecule has 0 bridgehead atoms. The van der Waals surface area contributed by atoms with Crippen molar-refractivity contribution in [3.05, 3.63) is 72.1 Å². The van der Waals surface area contributed by atoms with Crippen LogP contribution >= 0.6 is 0 Å². The third kappa shape index (κ3) is 3.95. The summed E-state index contributed by atoms with van der Waals surface area (Å²) in [5.41, 5.74) is 2.80. The molecule has 3 aromatic rings. The lowest BCUT2D eigenvalue weighted by molar-refractivity contribution is 0.601. The predicted octanol–water partition coefficient (Wildman–Crippen LogP) is 3.64. The molecular weight excluding hydrogens is 336 g/mol. The average molecular weight is 354 g/mol. The monoisotopic (exact) mass is 354 g/mol. The zero-order valence-electron chi connectivity index (χ0n) is 13.9. The Morgan fingerprint density at radius 2 is 1.64 bits per heavy atom. The Hall–Kier alpha value is -2.93.